The van der Waals surface area contributed by atoms with Gasteiger partial charge in [0.05, 0.1) is 24.8 Å². The van der Waals surface area contributed by atoms with Gasteiger partial charge in [0, 0.05) is 18.4 Å². The van der Waals surface area contributed by atoms with Gasteiger partial charge in [-0.05, 0) is 12.5 Å². The first kappa shape index (κ1) is 14.1. The second-order valence-electron chi connectivity index (χ2n) is 3.40. The van der Waals surface area contributed by atoms with Crippen molar-refractivity contribution in [3.63, 3.8) is 0 Å². The van der Waals surface area contributed by atoms with Crippen LogP contribution in [0.3, 0.4) is 0 Å². The van der Waals surface area contributed by atoms with Crippen LogP contribution in [0.2, 0.25) is 5.02 Å². The Kier molecular flexibility index (Phi) is 5.59. The molecule has 3 nitrogen and oxygen atoms in total. The highest BCUT2D eigenvalue weighted by Crippen LogP contribution is 2.33. The van der Waals surface area contributed by atoms with Gasteiger partial charge in [-0.25, -0.2) is 0 Å². The molecule has 0 unspecified atom stereocenters. The van der Waals surface area contributed by atoms with Gasteiger partial charge in [0.15, 0.2) is 5.78 Å². The van der Waals surface area contributed by atoms with E-state index in [4.69, 9.17) is 32.7 Å². The zero-order valence-corrected chi connectivity index (χ0v) is 11.3. The summed E-state index contributed by atoms with van der Waals surface area (Å²) >= 11 is 11.5. The molecule has 0 aromatic heterocycles. The third-order valence-electron chi connectivity index (χ3n) is 2.31. The minimum Gasteiger partial charge on any atom is -0.496 e. The first-order valence-corrected chi connectivity index (χ1v) is 6.06. The molecule has 0 aliphatic heterocycles. The molecule has 0 fully saturated rings. The minimum atomic E-state index is -0.0351. The monoisotopic (exact) mass is 276 g/mol. The predicted molar refractivity (Wildman–Crippen MR) is 68.8 cm³/mol. The summed E-state index contributed by atoms with van der Waals surface area (Å²) in [7, 11) is 3.01. The number of carbonyl (C=O) groups excluding carboxylic acids is 1. The van der Waals surface area contributed by atoms with Crippen LogP contribution in [0, 0.1) is 0 Å². The van der Waals surface area contributed by atoms with Crippen molar-refractivity contribution in [2.45, 2.75) is 12.8 Å². The highest BCUT2D eigenvalue weighted by Gasteiger charge is 2.15. The van der Waals surface area contributed by atoms with Gasteiger partial charge in [-0.3, -0.25) is 4.79 Å². The Labute approximate surface area is 111 Å². The fraction of sp³-hybridized carbons (Fsp3) is 0.417. The van der Waals surface area contributed by atoms with Gasteiger partial charge in [0.2, 0.25) is 0 Å². The van der Waals surface area contributed by atoms with Crippen molar-refractivity contribution in [1.82, 2.24) is 0 Å². The molecule has 0 amide bonds. The molecule has 0 heterocycles. The molecule has 0 radical (unpaired) electrons. The Hall–Kier alpha value is -0.930. The van der Waals surface area contributed by atoms with Crippen LogP contribution in [0.15, 0.2) is 12.1 Å². The molecule has 0 saturated heterocycles. The van der Waals surface area contributed by atoms with Crippen molar-refractivity contribution >= 4 is 29.0 Å². The molecule has 1 aromatic carbocycles. The van der Waals surface area contributed by atoms with Crippen LogP contribution < -0.4 is 9.47 Å². The Morgan fingerprint density at radius 3 is 2.41 bits per heavy atom. The standard InChI is InChI=1S/C12H14Cl2O3/c1-16-11-7-12(17-2)9(14)6-8(11)10(15)4-3-5-13/h6-7H,3-5H2,1-2H3. The van der Waals surface area contributed by atoms with Crippen molar-refractivity contribution in [3.05, 3.63) is 22.7 Å². The molecule has 0 atom stereocenters. The number of alkyl halides is 1. The molecule has 0 aliphatic carbocycles. The van der Waals surface area contributed by atoms with Crippen molar-refractivity contribution in [2.24, 2.45) is 0 Å². The summed E-state index contributed by atoms with van der Waals surface area (Å²) in [6.45, 7) is 0. The zero-order valence-electron chi connectivity index (χ0n) is 9.76. The average Bonchev–Trinajstić information content (AvgIpc) is 2.35. The van der Waals surface area contributed by atoms with Crippen LogP contribution in [-0.2, 0) is 0 Å². The van der Waals surface area contributed by atoms with Gasteiger partial charge >= 0.3 is 0 Å². The number of halogens is 2. The third kappa shape index (κ3) is 3.51. The smallest absolute Gasteiger partial charge is 0.166 e. The van der Waals surface area contributed by atoms with Crippen LogP contribution in [0.4, 0.5) is 0 Å². The van der Waals surface area contributed by atoms with E-state index in [0.29, 0.717) is 40.8 Å². The summed E-state index contributed by atoms with van der Waals surface area (Å²) < 4.78 is 10.2. The second kappa shape index (κ2) is 6.72. The molecular weight excluding hydrogens is 263 g/mol. The maximum atomic E-state index is 11.9. The summed E-state index contributed by atoms with van der Waals surface area (Å²) in [6, 6.07) is 3.17. The van der Waals surface area contributed by atoms with E-state index >= 15 is 0 Å². The van der Waals surface area contributed by atoms with E-state index in [9.17, 15) is 4.79 Å². The summed E-state index contributed by atoms with van der Waals surface area (Å²) in [5, 5.41) is 0.391. The van der Waals surface area contributed by atoms with Crippen molar-refractivity contribution in [3.8, 4) is 11.5 Å². The highest BCUT2D eigenvalue weighted by atomic mass is 35.5. The van der Waals surface area contributed by atoms with Gasteiger partial charge in [-0.2, -0.15) is 0 Å². The highest BCUT2D eigenvalue weighted by molar-refractivity contribution is 6.32. The maximum Gasteiger partial charge on any atom is 0.166 e. The van der Waals surface area contributed by atoms with E-state index < -0.39 is 0 Å². The average molecular weight is 277 g/mol. The lowest BCUT2D eigenvalue weighted by atomic mass is 10.1. The number of hydrogen-bond acceptors (Lipinski definition) is 3. The number of hydrogen-bond donors (Lipinski definition) is 0. The molecule has 0 saturated carbocycles. The Bertz CT molecular complexity index is 405. The van der Waals surface area contributed by atoms with Crippen molar-refractivity contribution < 1.29 is 14.3 Å². The first-order chi connectivity index (χ1) is 8.13. The number of ether oxygens (including phenoxy) is 2. The lowest BCUT2D eigenvalue weighted by Gasteiger charge is -2.11. The van der Waals surface area contributed by atoms with Gasteiger partial charge in [-0.15, -0.1) is 11.6 Å². The lowest BCUT2D eigenvalue weighted by molar-refractivity contribution is 0.0979. The molecule has 0 spiro atoms. The molecule has 0 N–H and O–H groups in total. The van der Waals surface area contributed by atoms with Crippen LogP contribution in [-0.4, -0.2) is 25.9 Å². The van der Waals surface area contributed by atoms with Crippen LogP contribution in [0.25, 0.3) is 0 Å². The lowest BCUT2D eigenvalue weighted by Crippen LogP contribution is -2.03. The number of Topliss-reactive ketones (excluding diaryl/α,β-unsaturated/α-hetero) is 1. The van der Waals surface area contributed by atoms with Gasteiger partial charge in [0.1, 0.15) is 11.5 Å². The Balaban J connectivity index is 3.05. The second-order valence-corrected chi connectivity index (χ2v) is 4.19. The van der Waals surface area contributed by atoms with E-state index in [1.54, 1.807) is 12.1 Å². The molecule has 1 aromatic rings. The normalized spacial score (nSPS) is 10.1. The summed E-state index contributed by atoms with van der Waals surface area (Å²) in [4.78, 5) is 11.9. The quantitative estimate of drug-likeness (QED) is 0.589. The third-order valence-corrected chi connectivity index (χ3v) is 2.87. The van der Waals surface area contributed by atoms with E-state index in [-0.39, 0.29) is 5.78 Å². The number of carbonyl (C=O) groups is 1. The molecule has 0 bridgehead atoms. The van der Waals surface area contributed by atoms with Crippen LogP contribution >= 0.6 is 23.2 Å². The molecule has 0 aliphatic rings. The molecule has 5 heteroatoms. The SMILES string of the molecule is COc1cc(OC)c(C(=O)CCCCl)cc1Cl. The van der Waals surface area contributed by atoms with Crippen LogP contribution in [0.5, 0.6) is 11.5 Å². The number of benzene rings is 1. The van der Waals surface area contributed by atoms with E-state index in [1.165, 1.54) is 14.2 Å². The maximum absolute atomic E-state index is 11.9. The largest absolute Gasteiger partial charge is 0.496 e. The Morgan fingerprint density at radius 1 is 1.24 bits per heavy atom. The molecule has 1 rings (SSSR count). The topological polar surface area (TPSA) is 35.5 Å². The van der Waals surface area contributed by atoms with E-state index in [1.807, 2.05) is 0 Å². The fourth-order valence-corrected chi connectivity index (χ4v) is 1.81. The van der Waals surface area contributed by atoms with Crippen LogP contribution in [0.1, 0.15) is 23.2 Å². The van der Waals surface area contributed by atoms with E-state index in [0.717, 1.165) is 0 Å². The summed E-state index contributed by atoms with van der Waals surface area (Å²) in [5.74, 6) is 1.37. The van der Waals surface area contributed by atoms with Crippen molar-refractivity contribution in [2.75, 3.05) is 20.1 Å². The summed E-state index contributed by atoms with van der Waals surface area (Å²) in [6.07, 6.45) is 1.01. The number of ketones is 1. The van der Waals surface area contributed by atoms with Gasteiger partial charge in [-0.1, -0.05) is 11.6 Å². The Morgan fingerprint density at radius 2 is 1.88 bits per heavy atom. The molecule has 94 valence electrons. The zero-order chi connectivity index (χ0) is 12.8. The number of methoxy groups -OCH3 is 2. The van der Waals surface area contributed by atoms with Gasteiger partial charge in [0.25, 0.3) is 0 Å². The number of rotatable bonds is 6. The summed E-state index contributed by atoms with van der Waals surface area (Å²) in [5.41, 5.74) is 0.461. The van der Waals surface area contributed by atoms with Crippen molar-refractivity contribution in [1.29, 1.82) is 0 Å². The van der Waals surface area contributed by atoms with Gasteiger partial charge < -0.3 is 9.47 Å². The fourth-order valence-electron chi connectivity index (χ4n) is 1.44. The first-order valence-electron chi connectivity index (χ1n) is 5.14. The minimum absolute atomic E-state index is 0.0351. The molecule has 17 heavy (non-hydrogen) atoms. The predicted octanol–water partition coefficient (Wildman–Crippen LogP) is 3.56. The van der Waals surface area contributed by atoms with E-state index in [2.05, 4.69) is 0 Å². The molecular formula is C12H14Cl2O3.